The molecule has 0 aromatic heterocycles. The van der Waals surface area contributed by atoms with E-state index in [9.17, 15) is 14.0 Å². The Morgan fingerprint density at radius 2 is 1.88 bits per heavy atom. The van der Waals surface area contributed by atoms with E-state index in [1.165, 1.54) is 0 Å². The number of rotatable bonds is 2. The Morgan fingerprint density at radius 1 is 1.50 bits per heavy atom. The molecule has 44 valence electrons. The Morgan fingerprint density at radius 3 is 1.88 bits per heavy atom. The molecule has 0 amide bonds. The van der Waals surface area contributed by atoms with Crippen molar-refractivity contribution in [3.05, 3.63) is 0 Å². The van der Waals surface area contributed by atoms with Crippen molar-refractivity contribution in [3.8, 4) is 0 Å². The minimum Gasteiger partial charge on any atom is -0.781 e. The third-order valence-electron chi connectivity index (χ3n) is 0.171. The SMILES string of the molecule is O=[PH]([O-])O[PH](=O)O.[K+]. The van der Waals surface area contributed by atoms with Crippen LogP contribution in [0, 0.1) is 0 Å². The summed E-state index contributed by atoms with van der Waals surface area (Å²) in [5, 5.41) is 0. The Hall–Kier alpha value is 1.98. The van der Waals surface area contributed by atoms with Gasteiger partial charge in [0.2, 0.25) is 0 Å². The Bertz CT molecular complexity index is 86.6. The van der Waals surface area contributed by atoms with Gasteiger partial charge in [-0.3, -0.25) is 8.88 Å². The topological polar surface area (TPSA) is 86.7 Å². The molecule has 5 nitrogen and oxygen atoms in total. The summed E-state index contributed by atoms with van der Waals surface area (Å²) in [4.78, 5) is 17.0. The van der Waals surface area contributed by atoms with Crippen molar-refractivity contribution in [2.24, 2.45) is 0 Å². The molecule has 1 N–H and O–H groups in total. The van der Waals surface area contributed by atoms with Gasteiger partial charge in [-0.15, -0.1) is 0 Å². The van der Waals surface area contributed by atoms with Crippen LogP contribution in [-0.2, 0) is 13.4 Å². The number of hydrogen-bond donors (Lipinski definition) is 1. The summed E-state index contributed by atoms with van der Waals surface area (Å²) >= 11 is 0. The van der Waals surface area contributed by atoms with E-state index in [0.717, 1.165) is 0 Å². The fourth-order valence-electron chi connectivity index (χ4n) is 0.0713. The smallest absolute Gasteiger partial charge is 0.781 e. The Balaban J connectivity index is 0. The van der Waals surface area contributed by atoms with Gasteiger partial charge in [-0.05, 0) is 0 Å². The predicted molar refractivity (Wildman–Crippen MR) is 21.3 cm³/mol. The molecule has 8 heteroatoms. The zero-order chi connectivity index (χ0) is 5.86. The third kappa shape index (κ3) is 10.9. The van der Waals surface area contributed by atoms with Crippen LogP contribution >= 0.6 is 16.5 Å². The average Bonchev–Trinajstić information content (AvgIpc) is 1.27. The zero-order valence-electron chi connectivity index (χ0n) is 4.08. The van der Waals surface area contributed by atoms with Gasteiger partial charge in [0, 0.05) is 0 Å². The maximum atomic E-state index is 9.40. The molecule has 8 heavy (non-hydrogen) atoms. The molecule has 0 radical (unpaired) electrons. The van der Waals surface area contributed by atoms with Crippen LogP contribution in [0.4, 0.5) is 0 Å². The van der Waals surface area contributed by atoms with Gasteiger partial charge >= 0.3 is 59.6 Å². The van der Waals surface area contributed by atoms with Gasteiger partial charge in [-0.1, -0.05) is 0 Å². The summed E-state index contributed by atoms with van der Waals surface area (Å²) in [5.41, 5.74) is 0. The largest absolute Gasteiger partial charge is 1.00 e. The van der Waals surface area contributed by atoms with Crippen molar-refractivity contribution in [2.75, 3.05) is 0 Å². The molecular formula is H3KO5P2. The summed E-state index contributed by atoms with van der Waals surface area (Å²) < 4.78 is 22.1. The molecule has 0 fully saturated rings. The van der Waals surface area contributed by atoms with Crippen LogP contribution in [0.1, 0.15) is 0 Å². The second kappa shape index (κ2) is 7.09. The summed E-state index contributed by atoms with van der Waals surface area (Å²) in [6.07, 6.45) is 0. The van der Waals surface area contributed by atoms with Crippen LogP contribution in [0.3, 0.4) is 0 Å². The van der Waals surface area contributed by atoms with Crippen LogP contribution in [-0.4, -0.2) is 4.89 Å². The maximum Gasteiger partial charge on any atom is 1.00 e. The summed E-state index contributed by atoms with van der Waals surface area (Å²) in [5.74, 6) is 0. The van der Waals surface area contributed by atoms with E-state index < -0.39 is 16.5 Å². The number of hydrogen-bond acceptors (Lipinski definition) is 4. The van der Waals surface area contributed by atoms with Crippen molar-refractivity contribution in [3.63, 3.8) is 0 Å². The second-order valence-electron chi connectivity index (χ2n) is 0.618. The minimum atomic E-state index is -3.45. The van der Waals surface area contributed by atoms with Gasteiger partial charge in [0.1, 0.15) is 8.25 Å². The van der Waals surface area contributed by atoms with E-state index in [-0.39, 0.29) is 51.4 Å². The normalized spacial score (nSPS) is 16.2. The first kappa shape index (κ1) is 12.6. The summed E-state index contributed by atoms with van der Waals surface area (Å²) in [7, 11) is -6.72. The van der Waals surface area contributed by atoms with E-state index in [0.29, 0.717) is 0 Å². The molecule has 2 atom stereocenters. The molecule has 0 aromatic rings. The van der Waals surface area contributed by atoms with Crippen molar-refractivity contribution >= 4 is 16.5 Å². The molecule has 0 rings (SSSR count). The zero-order valence-corrected chi connectivity index (χ0v) is 9.20. The van der Waals surface area contributed by atoms with Crippen molar-refractivity contribution in [1.82, 2.24) is 0 Å². The molecule has 0 heterocycles. The molecule has 0 aromatic carbocycles. The van der Waals surface area contributed by atoms with Gasteiger partial charge in [0.05, 0.1) is 0 Å². The van der Waals surface area contributed by atoms with Crippen molar-refractivity contribution in [1.29, 1.82) is 0 Å². The molecule has 0 saturated carbocycles. The fourth-order valence-corrected chi connectivity index (χ4v) is 0.642. The van der Waals surface area contributed by atoms with E-state index in [1.807, 2.05) is 0 Å². The van der Waals surface area contributed by atoms with Crippen molar-refractivity contribution in [2.45, 2.75) is 0 Å². The Labute approximate surface area is 89.8 Å². The average molecular weight is 184 g/mol. The second-order valence-corrected chi connectivity index (χ2v) is 2.47. The quantitative estimate of drug-likeness (QED) is 0.350. The molecule has 0 saturated heterocycles. The van der Waals surface area contributed by atoms with Crippen molar-refractivity contribution < 1.29 is 74.6 Å². The van der Waals surface area contributed by atoms with E-state index in [4.69, 9.17) is 4.89 Å². The van der Waals surface area contributed by atoms with E-state index in [2.05, 4.69) is 4.31 Å². The molecular weight excluding hydrogens is 181 g/mol. The first-order chi connectivity index (χ1) is 3.13. The summed E-state index contributed by atoms with van der Waals surface area (Å²) in [6, 6.07) is 0. The minimum absolute atomic E-state index is 0. The predicted octanol–water partition coefficient (Wildman–Crippen LogP) is -3.86. The first-order valence-electron chi connectivity index (χ1n) is 1.24. The van der Waals surface area contributed by atoms with Crippen LogP contribution in [0.2, 0.25) is 0 Å². The molecule has 0 aliphatic carbocycles. The Kier molecular flexibility index (Phi) is 11.2. The monoisotopic (exact) mass is 184 g/mol. The summed E-state index contributed by atoms with van der Waals surface area (Å²) in [6.45, 7) is 0. The molecule has 0 spiro atoms. The molecule has 0 aliphatic rings. The standard InChI is InChI=1S/K.H4O5P2/c;1-6(2)5-7(3)4/h;6-7H,(H,1,2)(H,3,4)/q+1;/p-1. The third-order valence-corrected chi connectivity index (χ3v) is 1.54. The molecule has 0 bridgehead atoms. The van der Waals surface area contributed by atoms with Gasteiger partial charge in [-0.2, -0.15) is 0 Å². The first-order valence-corrected chi connectivity index (χ1v) is 3.73. The van der Waals surface area contributed by atoms with E-state index >= 15 is 0 Å². The fraction of sp³-hybridized carbons (Fsp3) is 0. The van der Waals surface area contributed by atoms with Crippen LogP contribution < -0.4 is 56.3 Å². The van der Waals surface area contributed by atoms with Gasteiger partial charge in [-0.25, -0.2) is 0 Å². The van der Waals surface area contributed by atoms with Gasteiger partial charge < -0.3 is 14.4 Å². The van der Waals surface area contributed by atoms with Crippen LogP contribution in [0.15, 0.2) is 0 Å². The van der Waals surface area contributed by atoms with Crippen LogP contribution in [0.5, 0.6) is 0 Å². The van der Waals surface area contributed by atoms with Gasteiger partial charge in [0.25, 0.3) is 0 Å². The molecule has 0 aliphatic heterocycles. The molecule has 2 unspecified atom stereocenters. The van der Waals surface area contributed by atoms with Crippen LogP contribution in [0.25, 0.3) is 0 Å². The van der Waals surface area contributed by atoms with E-state index in [1.54, 1.807) is 0 Å². The van der Waals surface area contributed by atoms with Gasteiger partial charge in [0.15, 0.2) is 0 Å². The maximum absolute atomic E-state index is 9.40.